The Morgan fingerprint density at radius 3 is 2.75 bits per heavy atom. The third kappa shape index (κ3) is 3.60. The van der Waals surface area contributed by atoms with Crippen molar-refractivity contribution in [1.29, 1.82) is 0 Å². The fourth-order valence-electron chi connectivity index (χ4n) is 2.92. The van der Waals surface area contributed by atoms with E-state index in [1.165, 1.54) is 5.56 Å². The topological polar surface area (TPSA) is 24.5 Å². The molecule has 2 atom stereocenters. The van der Waals surface area contributed by atoms with E-state index in [0.29, 0.717) is 6.04 Å². The van der Waals surface area contributed by atoms with Gasteiger partial charge < -0.3 is 10.1 Å². The molecule has 1 aromatic carbocycles. The molecule has 0 bridgehead atoms. The minimum absolute atomic E-state index is 0.0589. The van der Waals surface area contributed by atoms with Gasteiger partial charge in [0.25, 0.3) is 0 Å². The Balaban J connectivity index is 2.07. The molecule has 112 valence electrons. The van der Waals surface area contributed by atoms with Crippen molar-refractivity contribution >= 4 is 0 Å². The summed E-state index contributed by atoms with van der Waals surface area (Å²) in [5, 5.41) is 3.62. The molecule has 0 spiro atoms. The summed E-state index contributed by atoms with van der Waals surface area (Å²) in [5.41, 5.74) is 1.44. The van der Waals surface area contributed by atoms with Crippen LogP contribution in [0, 0.1) is 0 Å². The average molecular weight is 276 g/mol. The zero-order valence-corrected chi connectivity index (χ0v) is 13.1. The van der Waals surface area contributed by atoms with Crippen molar-refractivity contribution in [2.75, 3.05) is 32.8 Å². The normalized spacial score (nSPS) is 27.6. The van der Waals surface area contributed by atoms with Gasteiger partial charge in [0.2, 0.25) is 0 Å². The van der Waals surface area contributed by atoms with Gasteiger partial charge in [-0.3, -0.25) is 4.90 Å². The number of ether oxygens (including phenoxy) is 1. The lowest BCUT2D eigenvalue weighted by atomic mass is 9.87. The molecular formula is C17H28N2O. The number of nitrogens with one attached hydrogen (secondary N) is 1. The molecule has 2 rings (SSSR count). The van der Waals surface area contributed by atoms with Crippen LogP contribution >= 0.6 is 0 Å². The molecule has 1 saturated heterocycles. The lowest BCUT2D eigenvalue weighted by Crippen LogP contribution is -2.61. The molecule has 2 unspecified atom stereocenters. The van der Waals surface area contributed by atoms with Gasteiger partial charge in [-0.25, -0.2) is 0 Å². The van der Waals surface area contributed by atoms with Crippen LogP contribution in [0.15, 0.2) is 30.3 Å². The van der Waals surface area contributed by atoms with Crippen LogP contribution in [0.5, 0.6) is 0 Å². The van der Waals surface area contributed by atoms with Gasteiger partial charge in [0.1, 0.15) is 0 Å². The number of hydrogen-bond donors (Lipinski definition) is 1. The maximum absolute atomic E-state index is 5.69. The Bertz CT molecular complexity index is 395. The Kier molecular flexibility index (Phi) is 5.58. The first-order valence-corrected chi connectivity index (χ1v) is 7.78. The lowest BCUT2D eigenvalue weighted by Gasteiger charge is -2.48. The van der Waals surface area contributed by atoms with E-state index in [1.54, 1.807) is 0 Å². The van der Waals surface area contributed by atoms with E-state index in [0.717, 1.165) is 39.3 Å². The molecule has 0 amide bonds. The predicted octanol–water partition coefficient (Wildman–Crippen LogP) is 2.62. The van der Waals surface area contributed by atoms with E-state index in [2.05, 4.69) is 61.3 Å². The first-order valence-electron chi connectivity index (χ1n) is 7.78. The number of piperazine rings is 1. The largest absolute Gasteiger partial charge is 0.380 e. The molecule has 20 heavy (non-hydrogen) atoms. The van der Waals surface area contributed by atoms with E-state index in [9.17, 15) is 0 Å². The Morgan fingerprint density at radius 2 is 2.05 bits per heavy atom. The molecule has 1 fully saturated rings. The zero-order valence-electron chi connectivity index (χ0n) is 13.1. The van der Waals surface area contributed by atoms with Gasteiger partial charge in [0, 0.05) is 32.3 Å². The van der Waals surface area contributed by atoms with Crippen LogP contribution in [0.4, 0.5) is 0 Å². The molecule has 1 aliphatic heterocycles. The fourth-order valence-corrected chi connectivity index (χ4v) is 2.92. The third-order valence-corrected chi connectivity index (χ3v) is 4.24. The van der Waals surface area contributed by atoms with Gasteiger partial charge in [-0.05, 0) is 25.8 Å². The van der Waals surface area contributed by atoms with E-state index < -0.39 is 0 Å². The summed E-state index contributed by atoms with van der Waals surface area (Å²) in [6.07, 6.45) is 1.09. The maximum Gasteiger partial charge on any atom is 0.0593 e. The van der Waals surface area contributed by atoms with Gasteiger partial charge in [0.05, 0.1) is 12.1 Å². The minimum atomic E-state index is 0.0589. The lowest BCUT2D eigenvalue weighted by molar-refractivity contribution is 0.0195. The Labute approximate surface area is 123 Å². The average Bonchev–Trinajstić information content (AvgIpc) is 2.48. The molecule has 1 aliphatic rings. The molecule has 3 nitrogen and oxygen atoms in total. The van der Waals surface area contributed by atoms with Gasteiger partial charge >= 0.3 is 0 Å². The van der Waals surface area contributed by atoms with Crippen molar-refractivity contribution in [3.05, 3.63) is 35.9 Å². The van der Waals surface area contributed by atoms with E-state index in [-0.39, 0.29) is 5.54 Å². The second-order valence-corrected chi connectivity index (χ2v) is 5.98. The van der Waals surface area contributed by atoms with Crippen LogP contribution in [0.3, 0.4) is 0 Å². The molecule has 3 heteroatoms. The van der Waals surface area contributed by atoms with Crippen molar-refractivity contribution in [1.82, 2.24) is 10.2 Å². The van der Waals surface area contributed by atoms with Crippen LogP contribution in [0.1, 0.15) is 32.8 Å². The van der Waals surface area contributed by atoms with Crippen molar-refractivity contribution in [3.8, 4) is 0 Å². The molecule has 1 aromatic rings. The van der Waals surface area contributed by atoms with Crippen LogP contribution in [0.25, 0.3) is 0 Å². The predicted molar refractivity (Wildman–Crippen MR) is 83.9 cm³/mol. The van der Waals surface area contributed by atoms with E-state index >= 15 is 0 Å². The second kappa shape index (κ2) is 7.21. The van der Waals surface area contributed by atoms with Crippen molar-refractivity contribution < 1.29 is 4.74 Å². The number of hydrogen-bond acceptors (Lipinski definition) is 3. The van der Waals surface area contributed by atoms with Crippen LogP contribution in [0.2, 0.25) is 0 Å². The first kappa shape index (κ1) is 15.5. The highest BCUT2D eigenvalue weighted by molar-refractivity contribution is 5.25. The van der Waals surface area contributed by atoms with Crippen molar-refractivity contribution in [2.24, 2.45) is 0 Å². The van der Waals surface area contributed by atoms with Crippen molar-refractivity contribution in [2.45, 2.75) is 38.8 Å². The fraction of sp³-hybridized carbons (Fsp3) is 0.647. The van der Waals surface area contributed by atoms with Gasteiger partial charge in [-0.2, -0.15) is 0 Å². The highest BCUT2D eigenvalue weighted by Crippen LogP contribution is 2.30. The maximum atomic E-state index is 5.69. The summed E-state index contributed by atoms with van der Waals surface area (Å²) in [5.74, 6) is 0. The molecule has 1 N–H and O–H groups in total. The molecular weight excluding hydrogens is 248 g/mol. The smallest absolute Gasteiger partial charge is 0.0593 e. The molecule has 1 heterocycles. The standard InChI is InChI=1S/C17H28N2O/c1-4-11-20-12-10-19-13-15(2)18-14-17(19,3)16-8-6-5-7-9-16/h5-9,15,18H,4,10-14H2,1-3H3. The minimum Gasteiger partial charge on any atom is -0.380 e. The Hall–Kier alpha value is -0.900. The molecule has 0 radical (unpaired) electrons. The molecule has 0 aliphatic carbocycles. The van der Waals surface area contributed by atoms with Crippen LogP contribution in [-0.2, 0) is 10.3 Å². The highest BCUT2D eigenvalue weighted by Gasteiger charge is 2.37. The second-order valence-electron chi connectivity index (χ2n) is 5.98. The first-order chi connectivity index (χ1) is 9.66. The summed E-state index contributed by atoms with van der Waals surface area (Å²) in [4.78, 5) is 2.57. The monoisotopic (exact) mass is 276 g/mol. The molecule has 0 saturated carbocycles. The zero-order chi connectivity index (χ0) is 14.4. The van der Waals surface area contributed by atoms with Crippen LogP contribution < -0.4 is 5.32 Å². The van der Waals surface area contributed by atoms with Gasteiger partial charge in [0.15, 0.2) is 0 Å². The molecule has 0 aromatic heterocycles. The van der Waals surface area contributed by atoms with E-state index in [4.69, 9.17) is 4.74 Å². The van der Waals surface area contributed by atoms with Gasteiger partial charge in [-0.1, -0.05) is 37.3 Å². The highest BCUT2D eigenvalue weighted by atomic mass is 16.5. The Morgan fingerprint density at radius 1 is 1.30 bits per heavy atom. The quantitative estimate of drug-likeness (QED) is 0.808. The number of benzene rings is 1. The summed E-state index contributed by atoms with van der Waals surface area (Å²) in [6, 6.07) is 11.3. The third-order valence-electron chi connectivity index (χ3n) is 4.24. The van der Waals surface area contributed by atoms with E-state index in [1.807, 2.05) is 0 Å². The summed E-state index contributed by atoms with van der Waals surface area (Å²) < 4.78 is 5.69. The summed E-state index contributed by atoms with van der Waals surface area (Å²) >= 11 is 0. The number of nitrogens with zero attached hydrogens (tertiary/aromatic N) is 1. The SMILES string of the molecule is CCCOCCN1CC(C)NCC1(C)c1ccccc1. The van der Waals surface area contributed by atoms with Crippen molar-refractivity contribution in [3.63, 3.8) is 0 Å². The summed E-state index contributed by atoms with van der Waals surface area (Å²) in [7, 11) is 0. The summed E-state index contributed by atoms with van der Waals surface area (Å²) in [6.45, 7) is 11.5. The number of rotatable bonds is 6. The van der Waals surface area contributed by atoms with Gasteiger partial charge in [-0.15, -0.1) is 0 Å². The van der Waals surface area contributed by atoms with Crippen LogP contribution in [-0.4, -0.2) is 43.8 Å².